The lowest BCUT2D eigenvalue weighted by atomic mass is 10.0. The molecule has 1 aliphatic rings. The number of imide groups is 1. The molecular weight excluding hydrogens is 354 g/mol. The van der Waals surface area contributed by atoms with E-state index in [2.05, 4.69) is 0 Å². The summed E-state index contributed by atoms with van der Waals surface area (Å²) in [6.07, 6.45) is 0. The second kappa shape index (κ2) is 6.93. The van der Waals surface area contributed by atoms with E-state index >= 15 is 0 Å². The van der Waals surface area contributed by atoms with Gasteiger partial charge in [0.25, 0.3) is 11.8 Å². The van der Waals surface area contributed by atoms with E-state index in [1.807, 2.05) is 30.3 Å². The van der Waals surface area contributed by atoms with Crippen LogP contribution in [0, 0.1) is 5.92 Å². The summed E-state index contributed by atoms with van der Waals surface area (Å²) in [5.41, 5.74) is 0.632. The van der Waals surface area contributed by atoms with Crippen LogP contribution in [0.1, 0.15) is 34.6 Å². The van der Waals surface area contributed by atoms with Crippen molar-refractivity contribution in [2.75, 3.05) is 0 Å². The molecule has 4 rings (SSSR count). The summed E-state index contributed by atoms with van der Waals surface area (Å²) in [4.78, 5) is 39.7. The minimum atomic E-state index is -1.01. The zero-order valence-corrected chi connectivity index (χ0v) is 15.6. The molecule has 0 N–H and O–H groups in total. The maximum atomic E-state index is 13.1. The van der Waals surface area contributed by atoms with Gasteiger partial charge in [-0.2, -0.15) is 0 Å². The van der Waals surface area contributed by atoms with Gasteiger partial charge in [0.05, 0.1) is 11.1 Å². The Balaban J connectivity index is 1.68. The van der Waals surface area contributed by atoms with Crippen molar-refractivity contribution >= 4 is 28.6 Å². The van der Waals surface area contributed by atoms with Crippen LogP contribution in [0.3, 0.4) is 0 Å². The van der Waals surface area contributed by atoms with Crippen molar-refractivity contribution in [1.29, 1.82) is 0 Å². The summed E-state index contributed by atoms with van der Waals surface area (Å²) < 4.78 is 5.67. The maximum Gasteiger partial charge on any atom is 0.335 e. The second-order valence-electron chi connectivity index (χ2n) is 7.11. The molecule has 0 fully saturated rings. The number of carbonyl (C=O) groups is 3. The van der Waals surface area contributed by atoms with Crippen molar-refractivity contribution in [1.82, 2.24) is 4.90 Å². The molecule has 2 amide bonds. The van der Waals surface area contributed by atoms with Gasteiger partial charge in [0, 0.05) is 5.39 Å². The van der Waals surface area contributed by atoms with E-state index in [9.17, 15) is 14.4 Å². The number of amides is 2. The van der Waals surface area contributed by atoms with Crippen molar-refractivity contribution in [2.45, 2.75) is 19.9 Å². The minimum absolute atomic E-state index is 0.301. The fraction of sp³-hybridized carbons (Fsp3) is 0.174. The maximum absolute atomic E-state index is 13.1. The Hall–Kier alpha value is -3.47. The number of rotatable bonds is 4. The minimum Gasteiger partial charge on any atom is -0.424 e. The molecule has 0 aromatic heterocycles. The highest BCUT2D eigenvalue weighted by molar-refractivity contribution is 6.22. The highest BCUT2D eigenvalue weighted by atomic mass is 16.5. The van der Waals surface area contributed by atoms with Gasteiger partial charge in [0.1, 0.15) is 11.8 Å². The first-order valence-electron chi connectivity index (χ1n) is 9.15. The monoisotopic (exact) mass is 373 g/mol. The van der Waals surface area contributed by atoms with Gasteiger partial charge >= 0.3 is 5.97 Å². The molecule has 1 aliphatic heterocycles. The molecule has 3 aromatic rings. The van der Waals surface area contributed by atoms with Crippen LogP contribution in [-0.2, 0) is 4.79 Å². The molecular formula is C23H19NO4. The zero-order chi connectivity index (χ0) is 19.8. The number of benzene rings is 3. The number of hydrogen-bond donors (Lipinski definition) is 0. The Kier molecular flexibility index (Phi) is 4.43. The molecule has 5 heteroatoms. The van der Waals surface area contributed by atoms with E-state index in [0.29, 0.717) is 16.9 Å². The predicted molar refractivity (Wildman–Crippen MR) is 105 cm³/mol. The molecule has 1 heterocycles. The topological polar surface area (TPSA) is 63.7 Å². The van der Waals surface area contributed by atoms with Crippen LogP contribution in [0.4, 0.5) is 0 Å². The summed E-state index contributed by atoms with van der Waals surface area (Å²) in [6.45, 7) is 3.58. The van der Waals surface area contributed by atoms with E-state index in [4.69, 9.17) is 4.74 Å². The number of fused-ring (bicyclic) bond motifs is 2. The predicted octanol–water partition coefficient (Wildman–Crippen LogP) is 4.07. The molecule has 0 bridgehead atoms. The van der Waals surface area contributed by atoms with Gasteiger partial charge in [-0.3, -0.25) is 14.5 Å². The lowest BCUT2D eigenvalue weighted by Gasteiger charge is -2.27. The van der Waals surface area contributed by atoms with Crippen molar-refractivity contribution in [2.24, 2.45) is 5.92 Å². The van der Waals surface area contributed by atoms with Crippen LogP contribution < -0.4 is 4.74 Å². The van der Waals surface area contributed by atoms with Crippen LogP contribution in [0.2, 0.25) is 0 Å². The molecule has 0 aliphatic carbocycles. The van der Waals surface area contributed by atoms with E-state index < -0.39 is 23.8 Å². The Morgan fingerprint density at radius 1 is 0.821 bits per heavy atom. The molecule has 5 nitrogen and oxygen atoms in total. The lowest BCUT2D eigenvalue weighted by molar-refractivity contribution is -0.140. The first-order chi connectivity index (χ1) is 13.5. The Labute approximate surface area is 162 Å². The third kappa shape index (κ3) is 2.85. The highest BCUT2D eigenvalue weighted by Crippen LogP contribution is 2.30. The molecule has 0 saturated heterocycles. The normalized spacial score (nSPS) is 14.5. The SMILES string of the molecule is CC(C)C(C(=O)Oc1cccc2ccccc12)N1C(=O)c2ccccc2C1=O. The van der Waals surface area contributed by atoms with Crippen LogP contribution in [0.15, 0.2) is 66.7 Å². The molecule has 28 heavy (non-hydrogen) atoms. The first kappa shape index (κ1) is 17.9. The van der Waals surface area contributed by atoms with E-state index in [-0.39, 0.29) is 5.92 Å². The number of nitrogens with zero attached hydrogens (tertiary/aromatic N) is 1. The quantitative estimate of drug-likeness (QED) is 0.393. The fourth-order valence-electron chi connectivity index (χ4n) is 3.59. The summed E-state index contributed by atoms with van der Waals surface area (Å²) in [5.74, 6) is -1.45. The van der Waals surface area contributed by atoms with Crippen LogP contribution >= 0.6 is 0 Å². The Bertz CT molecular complexity index is 1060. The molecule has 3 aromatic carbocycles. The third-order valence-electron chi connectivity index (χ3n) is 4.94. The van der Waals surface area contributed by atoms with Crippen molar-refractivity contribution in [3.05, 3.63) is 77.9 Å². The van der Waals surface area contributed by atoms with E-state index in [1.165, 1.54) is 0 Å². The van der Waals surface area contributed by atoms with Gasteiger partial charge in [0.15, 0.2) is 0 Å². The van der Waals surface area contributed by atoms with Crippen LogP contribution in [0.25, 0.3) is 10.8 Å². The number of carbonyl (C=O) groups excluding carboxylic acids is 3. The van der Waals surface area contributed by atoms with Gasteiger partial charge in [-0.15, -0.1) is 0 Å². The Morgan fingerprint density at radius 2 is 1.39 bits per heavy atom. The lowest BCUT2D eigenvalue weighted by Crippen LogP contribution is -2.49. The van der Waals surface area contributed by atoms with Gasteiger partial charge in [-0.25, -0.2) is 4.79 Å². The highest BCUT2D eigenvalue weighted by Gasteiger charge is 2.44. The first-order valence-corrected chi connectivity index (χ1v) is 9.15. The summed E-state index contributed by atoms with van der Waals surface area (Å²) >= 11 is 0. The smallest absolute Gasteiger partial charge is 0.335 e. The van der Waals surface area contributed by atoms with Crippen molar-refractivity contribution in [3.63, 3.8) is 0 Å². The third-order valence-corrected chi connectivity index (χ3v) is 4.94. The molecule has 0 saturated carbocycles. The molecule has 140 valence electrons. The van der Waals surface area contributed by atoms with Gasteiger partial charge < -0.3 is 4.74 Å². The summed E-state index contributed by atoms with van der Waals surface area (Å²) in [5, 5.41) is 1.73. The average molecular weight is 373 g/mol. The van der Waals surface area contributed by atoms with Crippen molar-refractivity contribution < 1.29 is 19.1 Å². The van der Waals surface area contributed by atoms with Gasteiger partial charge in [0.2, 0.25) is 0 Å². The standard InChI is InChI=1S/C23H19NO4/c1-14(2)20(24-21(25)17-11-5-6-12-18(17)22(24)26)23(27)28-19-13-7-9-15-8-3-4-10-16(15)19/h3-14,20H,1-2H3. The van der Waals surface area contributed by atoms with E-state index in [1.54, 1.807) is 50.2 Å². The number of hydrogen-bond acceptors (Lipinski definition) is 4. The molecule has 0 radical (unpaired) electrons. The second-order valence-corrected chi connectivity index (χ2v) is 7.11. The molecule has 1 unspecified atom stereocenters. The van der Waals surface area contributed by atoms with E-state index in [0.717, 1.165) is 15.7 Å². The zero-order valence-electron chi connectivity index (χ0n) is 15.6. The number of ether oxygens (including phenoxy) is 1. The molecule has 0 spiro atoms. The van der Waals surface area contributed by atoms with Gasteiger partial charge in [-0.1, -0.05) is 62.4 Å². The number of esters is 1. The van der Waals surface area contributed by atoms with Crippen LogP contribution in [0.5, 0.6) is 5.75 Å². The van der Waals surface area contributed by atoms with Crippen molar-refractivity contribution in [3.8, 4) is 5.75 Å². The summed E-state index contributed by atoms with van der Waals surface area (Å²) in [7, 11) is 0. The summed E-state index contributed by atoms with van der Waals surface area (Å²) in [6, 6.07) is 18.6. The largest absolute Gasteiger partial charge is 0.424 e. The Morgan fingerprint density at radius 3 is 2.04 bits per heavy atom. The average Bonchev–Trinajstić information content (AvgIpc) is 2.94. The fourth-order valence-corrected chi connectivity index (χ4v) is 3.59. The van der Waals surface area contributed by atoms with Gasteiger partial charge in [-0.05, 0) is 29.5 Å². The van der Waals surface area contributed by atoms with Crippen LogP contribution in [-0.4, -0.2) is 28.7 Å². The molecule has 1 atom stereocenters.